The van der Waals surface area contributed by atoms with Gasteiger partial charge in [-0.2, -0.15) is 0 Å². The summed E-state index contributed by atoms with van der Waals surface area (Å²) >= 11 is 0. The molecule has 2 aromatic heterocycles. The number of furan rings is 1. The minimum absolute atomic E-state index is 0.0589. The maximum atomic E-state index is 13.1. The van der Waals surface area contributed by atoms with Crippen molar-refractivity contribution in [1.29, 1.82) is 0 Å². The third kappa shape index (κ3) is 3.91. The molecular formula is C22H22N2O4. The molecule has 1 aliphatic rings. The number of nitrogens with zero attached hydrogens (tertiary/aromatic N) is 1. The van der Waals surface area contributed by atoms with Gasteiger partial charge in [-0.25, -0.2) is 4.79 Å². The van der Waals surface area contributed by atoms with Gasteiger partial charge in [0.2, 0.25) is 11.9 Å². The third-order valence-corrected chi connectivity index (χ3v) is 5.08. The number of benzene rings is 1. The van der Waals surface area contributed by atoms with E-state index in [1.54, 1.807) is 18.3 Å². The number of carbonyl (C=O) groups excluding carboxylic acids is 2. The summed E-state index contributed by atoms with van der Waals surface area (Å²) in [6.07, 6.45) is 7.23. The standard InChI is InChI=1S/C22H22N2O4/c25-21(24-16-9-2-1-3-10-16)20(28-22(26)18-12-6-14-27-18)17-11-4-7-15-8-5-13-23-19(15)17/h4-8,11-14,16,20H,1-3,9-10H2,(H,24,25). The van der Waals surface area contributed by atoms with Gasteiger partial charge >= 0.3 is 5.97 Å². The fourth-order valence-electron chi connectivity index (χ4n) is 3.68. The SMILES string of the molecule is O=C(OC(C(=O)NC1CCCCC1)c1cccc2cccnc12)c1ccco1. The second-order valence-corrected chi connectivity index (χ2v) is 7.03. The number of pyridine rings is 1. The van der Waals surface area contributed by atoms with Crippen molar-refractivity contribution in [3.8, 4) is 0 Å². The Labute approximate surface area is 162 Å². The Morgan fingerprint density at radius 2 is 1.89 bits per heavy atom. The zero-order chi connectivity index (χ0) is 19.3. The Balaban J connectivity index is 1.65. The van der Waals surface area contributed by atoms with E-state index < -0.39 is 12.1 Å². The van der Waals surface area contributed by atoms with Crippen LogP contribution in [-0.2, 0) is 9.53 Å². The number of hydrogen-bond donors (Lipinski definition) is 1. The van der Waals surface area contributed by atoms with E-state index in [2.05, 4.69) is 10.3 Å². The quantitative estimate of drug-likeness (QED) is 0.674. The first kappa shape index (κ1) is 18.2. The van der Waals surface area contributed by atoms with Crippen LogP contribution in [0, 0.1) is 0 Å². The van der Waals surface area contributed by atoms with Crippen molar-refractivity contribution < 1.29 is 18.7 Å². The van der Waals surface area contributed by atoms with Crippen LogP contribution in [0.1, 0.15) is 54.3 Å². The fraction of sp³-hybridized carbons (Fsp3) is 0.318. The van der Waals surface area contributed by atoms with E-state index in [4.69, 9.17) is 9.15 Å². The molecule has 28 heavy (non-hydrogen) atoms. The highest BCUT2D eigenvalue weighted by atomic mass is 16.6. The van der Waals surface area contributed by atoms with Crippen LogP contribution in [0.25, 0.3) is 10.9 Å². The van der Waals surface area contributed by atoms with Crippen LogP contribution >= 0.6 is 0 Å². The number of nitrogens with one attached hydrogen (secondary N) is 1. The molecule has 1 atom stereocenters. The molecular weight excluding hydrogens is 356 g/mol. The maximum Gasteiger partial charge on any atom is 0.375 e. The summed E-state index contributed by atoms with van der Waals surface area (Å²) in [5, 5.41) is 3.94. The number of rotatable bonds is 5. The third-order valence-electron chi connectivity index (χ3n) is 5.08. The van der Waals surface area contributed by atoms with Crippen LogP contribution in [-0.4, -0.2) is 22.9 Å². The summed E-state index contributed by atoms with van der Waals surface area (Å²) in [4.78, 5) is 30.0. The van der Waals surface area contributed by atoms with Crippen LogP contribution in [0.3, 0.4) is 0 Å². The number of carbonyl (C=O) groups is 2. The van der Waals surface area contributed by atoms with E-state index in [1.165, 1.54) is 18.8 Å². The Hall–Kier alpha value is -3.15. The molecule has 6 heteroatoms. The summed E-state index contributed by atoms with van der Waals surface area (Å²) in [7, 11) is 0. The molecule has 2 heterocycles. The van der Waals surface area contributed by atoms with E-state index in [0.717, 1.165) is 31.1 Å². The van der Waals surface area contributed by atoms with Crippen molar-refractivity contribution in [2.24, 2.45) is 0 Å². The van der Waals surface area contributed by atoms with Gasteiger partial charge in [-0.1, -0.05) is 43.5 Å². The van der Waals surface area contributed by atoms with Gasteiger partial charge in [0.1, 0.15) is 0 Å². The molecule has 1 saturated carbocycles. The monoisotopic (exact) mass is 378 g/mol. The second kappa shape index (κ2) is 8.25. The molecule has 1 unspecified atom stereocenters. The van der Waals surface area contributed by atoms with Gasteiger partial charge < -0.3 is 14.5 Å². The molecule has 1 aromatic carbocycles. The lowest BCUT2D eigenvalue weighted by molar-refractivity contribution is -0.131. The molecule has 0 saturated heterocycles. The lowest BCUT2D eigenvalue weighted by atomic mass is 9.95. The van der Waals surface area contributed by atoms with Crippen molar-refractivity contribution in [3.63, 3.8) is 0 Å². The minimum atomic E-state index is -1.10. The van der Waals surface area contributed by atoms with Gasteiger partial charge in [-0.3, -0.25) is 9.78 Å². The summed E-state index contributed by atoms with van der Waals surface area (Å²) in [5.41, 5.74) is 1.20. The topological polar surface area (TPSA) is 81.4 Å². The molecule has 1 aliphatic carbocycles. The highest BCUT2D eigenvalue weighted by Gasteiger charge is 2.30. The van der Waals surface area contributed by atoms with E-state index in [1.807, 2.05) is 24.3 Å². The van der Waals surface area contributed by atoms with E-state index in [9.17, 15) is 9.59 Å². The number of amides is 1. The molecule has 0 spiro atoms. The summed E-state index contributed by atoms with van der Waals surface area (Å²) in [5.74, 6) is -0.949. The molecule has 1 N–H and O–H groups in total. The van der Waals surface area contributed by atoms with E-state index in [0.29, 0.717) is 11.1 Å². The lowest BCUT2D eigenvalue weighted by Crippen LogP contribution is -2.40. The van der Waals surface area contributed by atoms with Crippen molar-refractivity contribution in [2.45, 2.75) is 44.2 Å². The van der Waals surface area contributed by atoms with Crippen molar-refractivity contribution >= 4 is 22.8 Å². The van der Waals surface area contributed by atoms with Crippen molar-refractivity contribution in [1.82, 2.24) is 10.3 Å². The van der Waals surface area contributed by atoms with Gasteiger partial charge in [-0.15, -0.1) is 0 Å². The molecule has 1 amide bonds. The van der Waals surface area contributed by atoms with Gasteiger partial charge in [0.25, 0.3) is 5.91 Å². The number of hydrogen-bond acceptors (Lipinski definition) is 5. The molecule has 3 aromatic rings. The van der Waals surface area contributed by atoms with Crippen LogP contribution in [0.2, 0.25) is 0 Å². The molecule has 144 valence electrons. The van der Waals surface area contributed by atoms with Gasteiger partial charge in [0, 0.05) is 23.2 Å². The minimum Gasteiger partial charge on any atom is -0.457 e. The smallest absolute Gasteiger partial charge is 0.375 e. The number of aromatic nitrogens is 1. The Morgan fingerprint density at radius 1 is 1.07 bits per heavy atom. The molecule has 0 radical (unpaired) electrons. The van der Waals surface area contributed by atoms with Crippen LogP contribution in [0.4, 0.5) is 0 Å². The average molecular weight is 378 g/mol. The first-order valence-corrected chi connectivity index (χ1v) is 9.61. The van der Waals surface area contributed by atoms with E-state index >= 15 is 0 Å². The second-order valence-electron chi connectivity index (χ2n) is 7.03. The molecule has 4 rings (SSSR count). The number of fused-ring (bicyclic) bond motifs is 1. The predicted octanol–water partition coefficient (Wildman–Crippen LogP) is 4.17. The maximum absolute atomic E-state index is 13.1. The Kier molecular flexibility index (Phi) is 5.37. The van der Waals surface area contributed by atoms with Crippen LogP contribution < -0.4 is 5.32 Å². The van der Waals surface area contributed by atoms with Gasteiger partial charge in [-0.05, 0) is 31.0 Å². The van der Waals surface area contributed by atoms with E-state index in [-0.39, 0.29) is 17.7 Å². The van der Waals surface area contributed by atoms with Crippen molar-refractivity contribution in [2.75, 3.05) is 0 Å². The van der Waals surface area contributed by atoms with Crippen LogP contribution in [0.5, 0.6) is 0 Å². The predicted molar refractivity (Wildman–Crippen MR) is 104 cm³/mol. The molecule has 1 fully saturated rings. The molecule has 6 nitrogen and oxygen atoms in total. The summed E-state index contributed by atoms with van der Waals surface area (Å²) < 4.78 is 10.7. The largest absolute Gasteiger partial charge is 0.457 e. The first-order valence-electron chi connectivity index (χ1n) is 9.61. The highest BCUT2D eigenvalue weighted by molar-refractivity contribution is 5.94. The highest BCUT2D eigenvalue weighted by Crippen LogP contribution is 2.27. The fourth-order valence-corrected chi connectivity index (χ4v) is 3.68. The lowest BCUT2D eigenvalue weighted by Gasteiger charge is -2.26. The Bertz CT molecular complexity index is 956. The Morgan fingerprint density at radius 3 is 2.68 bits per heavy atom. The molecule has 0 bridgehead atoms. The van der Waals surface area contributed by atoms with Gasteiger partial charge in [0.15, 0.2) is 0 Å². The van der Waals surface area contributed by atoms with Gasteiger partial charge in [0.05, 0.1) is 11.8 Å². The summed E-state index contributed by atoms with van der Waals surface area (Å²) in [6.45, 7) is 0. The zero-order valence-electron chi connectivity index (χ0n) is 15.5. The number of esters is 1. The van der Waals surface area contributed by atoms with Crippen LogP contribution in [0.15, 0.2) is 59.3 Å². The van der Waals surface area contributed by atoms with Crippen molar-refractivity contribution in [3.05, 3.63) is 66.2 Å². The normalized spacial score (nSPS) is 15.9. The number of ether oxygens (including phenoxy) is 1. The first-order chi connectivity index (χ1) is 13.7. The summed E-state index contributed by atoms with van der Waals surface area (Å²) in [6, 6.07) is 12.5. The average Bonchev–Trinajstić information content (AvgIpc) is 3.27. The molecule has 0 aliphatic heterocycles. The number of para-hydroxylation sites is 1. The zero-order valence-corrected chi connectivity index (χ0v) is 15.5.